The highest BCUT2D eigenvalue weighted by Crippen LogP contribution is 2.41. The average Bonchev–Trinajstić information content (AvgIpc) is 3.13. The second kappa shape index (κ2) is 8.68. The van der Waals surface area contributed by atoms with Gasteiger partial charge in [-0.1, -0.05) is 0 Å². The average molecular weight is 440 g/mol. The number of nitrogens with one attached hydrogen (secondary N) is 1. The molecule has 0 unspecified atom stereocenters. The van der Waals surface area contributed by atoms with Crippen molar-refractivity contribution < 1.29 is 28.3 Å². The molecule has 0 radical (unpaired) electrons. The SMILES string of the molecule is COc1ccc2c(c1)O[C@@]1(CCC(=O)N([C@H](C)C(=O)NCc3ccc(C)o3)CC1)CC2=O. The molecule has 1 aromatic heterocycles. The normalized spacial score (nSPS) is 21.5. The highest BCUT2D eigenvalue weighted by atomic mass is 16.5. The number of ether oxygens (including phenoxy) is 2. The van der Waals surface area contributed by atoms with E-state index < -0.39 is 11.6 Å². The van der Waals surface area contributed by atoms with Crippen molar-refractivity contribution in [3.8, 4) is 11.5 Å². The van der Waals surface area contributed by atoms with Gasteiger partial charge in [0.05, 0.1) is 25.6 Å². The van der Waals surface area contributed by atoms with Crippen molar-refractivity contribution in [3.05, 3.63) is 47.4 Å². The number of carbonyl (C=O) groups excluding carboxylic acids is 3. The Balaban J connectivity index is 1.44. The number of hydrogen-bond donors (Lipinski definition) is 1. The molecule has 2 aliphatic heterocycles. The first-order valence-electron chi connectivity index (χ1n) is 10.8. The first-order chi connectivity index (χ1) is 15.3. The first kappa shape index (κ1) is 21.9. The number of methoxy groups -OCH3 is 1. The van der Waals surface area contributed by atoms with Gasteiger partial charge in [-0.15, -0.1) is 0 Å². The van der Waals surface area contributed by atoms with Crippen molar-refractivity contribution >= 4 is 17.6 Å². The van der Waals surface area contributed by atoms with Crippen molar-refractivity contribution in [2.45, 2.75) is 57.7 Å². The van der Waals surface area contributed by atoms with Gasteiger partial charge in [0.25, 0.3) is 0 Å². The minimum absolute atomic E-state index is 0.00525. The van der Waals surface area contributed by atoms with Crippen LogP contribution in [0.2, 0.25) is 0 Å². The predicted molar refractivity (Wildman–Crippen MR) is 116 cm³/mol. The molecule has 1 N–H and O–H groups in total. The summed E-state index contributed by atoms with van der Waals surface area (Å²) in [5.41, 5.74) is -0.229. The van der Waals surface area contributed by atoms with E-state index in [9.17, 15) is 14.4 Å². The maximum atomic E-state index is 12.9. The van der Waals surface area contributed by atoms with Crippen molar-refractivity contribution in [2.75, 3.05) is 13.7 Å². The zero-order valence-electron chi connectivity index (χ0n) is 18.6. The number of aryl methyl sites for hydroxylation is 1. The molecule has 0 saturated carbocycles. The Bertz CT molecular complexity index is 1040. The molecule has 3 heterocycles. The summed E-state index contributed by atoms with van der Waals surface area (Å²) in [6.07, 6.45) is 1.31. The van der Waals surface area contributed by atoms with Crippen molar-refractivity contribution in [3.63, 3.8) is 0 Å². The van der Waals surface area contributed by atoms with Crippen LogP contribution in [0.1, 0.15) is 54.5 Å². The Morgan fingerprint density at radius 2 is 2.06 bits per heavy atom. The fraction of sp³-hybridized carbons (Fsp3) is 0.458. The van der Waals surface area contributed by atoms with Crippen molar-refractivity contribution in [1.82, 2.24) is 10.2 Å². The molecule has 8 nitrogen and oxygen atoms in total. The Morgan fingerprint density at radius 3 is 2.78 bits per heavy atom. The summed E-state index contributed by atoms with van der Waals surface area (Å²) in [6.45, 7) is 4.15. The number of rotatable bonds is 5. The molecule has 1 aromatic carbocycles. The number of likely N-dealkylation sites (tertiary alicyclic amines) is 1. The van der Waals surface area contributed by atoms with E-state index in [0.717, 1.165) is 5.76 Å². The van der Waals surface area contributed by atoms with E-state index in [2.05, 4.69) is 5.32 Å². The fourth-order valence-corrected chi connectivity index (χ4v) is 4.39. The van der Waals surface area contributed by atoms with Gasteiger partial charge in [-0.3, -0.25) is 14.4 Å². The highest BCUT2D eigenvalue weighted by molar-refractivity contribution is 6.00. The van der Waals surface area contributed by atoms with Crippen LogP contribution in [0.25, 0.3) is 0 Å². The molecule has 0 bridgehead atoms. The minimum Gasteiger partial charge on any atom is -0.497 e. The molecule has 0 aliphatic carbocycles. The second-order valence-electron chi connectivity index (χ2n) is 8.49. The smallest absolute Gasteiger partial charge is 0.242 e. The van der Waals surface area contributed by atoms with Crippen LogP contribution in [0.5, 0.6) is 11.5 Å². The minimum atomic E-state index is -0.761. The largest absolute Gasteiger partial charge is 0.497 e. The summed E-state index contributed by atoms with van der Waals surface area (Å²) in [5, 5.41) is 2.83. The number of nitrogens with zero attached hydrogens (tertiary/aromatic N) is 1. The second-order valence-corrected chi connectivity index (χ2v) is 8.49. The summed E-state index contributed by atoms with van der Waals surface area (Å²) in [5.74, 6) is 2.15. The molecular weight excluding hydrogens is 412 g/mol. The topological polar surface area (TPSA) is 98.1 Å². The first-order valence-corrected chi connectivity index (χ1v) is 10.8. The number of hydrogen-bond acceptors (Lipinski definition) is 6. The standard InChI is InChI=1S/C24H28N2O6/c1-15-4-5-18(31-15)14-25-23(29)16(2)26-11-10-24(9-8-22(26)28)13-20(27)19-7-6-17(30-3)12-21(19)32-24/h4-7,12,16H,8-11,13-14H2,1-3H3,(H,25,29)/t16-,24-/m1/s1. The summed E-state index contributed by atoms with van der Waals surface area (Å²) < 4.78 is 17.0. The van der Waals surface area contributed by atoms with Gasteiger partial charge in [0.2, 0.25) is 11.8 Å². The van der Waals surface area contributed by atoms with Crippen molar-refractivity contribution in [2.24, 2.45) is 0 Å². The third kappa shape index (κ3) is 4.35. The molecule has 1 fully saturated rings. The van der Waals surface area contributed by atoms with Gasteiger partial charge < -0.3 is 24.1 Å². The van der Waals surface area contributed by atoms with E-state index in [0.29, 0.717) is 42.2 Å². The van der Waals surface area contributed by atoms with E-state index >= 15 is 0 Å². The Morgan fingerprint density at radius 1 is 1.25 bits per heavy atom. The highest BCUT2D eigenvalue weighted by Gasteiger charge is 2.44. The molecular formula is C24H28N2O6. The molecule has 2 amide bonds. The molecule has 1 saturated heterocycles. The number of ketones is 1. The van der Waals surface area contributed by atoms with Crippen LogP contribution < -0.4 is 14.8 Å². The summed E-state index contributed by atoms with van der Waals surface area (Å²) in [7, 11) is 1.56. The maximum Gasteiger partial charge on any atom is 0.242 e. The molecule has 2 aliphatic rings. The van der Waals surface area contributed by atoms with Gasteiger partial charge in [-0.05, 0) is 44.5 Å². The molecule has 2 aromatic rings. The number of Topliss-reactive ketones (excluding diaryl/α,β-unsaturated/α-hetero) is 1. The number of carbonyl (C=O) groups is 3. The van der Waals surface area contributed by atoms with Crippen LogP contribution in [0.4, 0.5) is 0 Å². The van der Waals surface area contributed by atoms with Gasteiger partial charge >= 0.3 is 0 Å². The summed E-state index contributed by atoms with van der Waals surface area (Å²) in [4.78, 5) is 39.9. The zero-order valence-corrected chi connectivity index (χ0v) is 18.6. The predicted octanol–water partition coefficient (Wildman–Crippen LogP) is 3.02. The molecule has 1 spiro atoms. The van der Waals surface area contributed by atoms with Gasteiger partial charge in [0.15, 0.2) is 5.78 Å². The van der Waals surface area contributed by atoms with E-state index in [4.69, 9.17) is 13.9 Å². The number of fused-ring (bicyclic) bond motifs is 1. The van der Waals surface area contributed by atoms with E-state index in [1.54, 1.807) is 37.1 Å². The Labute approximate surface area is 186 Å². The Hall–Kier alpha value is -3.29. The third-order valence-electron chi connectivity index (χ3n) is 6.30. The molecule has 4 rings (SSSR count). The quantitative estimate of drug-likeness (QED) is 0.768. The molecule has 2 atom stereocenters. The lowest BCUT2D eigenvalue weighted by molar-refractivity contribution is -0.139. The van der Waals surface area contributed by atoms with Gasteiger partial charge in [0.1, 0.15) is 34.7 Å². The summed E-state index contributed by atoms with van der Waals surface area (Å²) in [6, 6.07) is 8.17. The van der Waals surface area contributed by atoms with Gasteiger partial charge in [0, 0.05) is 25.5 Å². The van der Waals surface area contributed by atoms with Gasteiger partial charge in [-0.2, -0.15) is 0 Å². The zero-order chi connectivity index (χ0) is 22.9. The maximum absolute atomic E-state index is 12.9. The lowest BCUT2D eigenvalue weighted by atomic mass is 9.84. The molecule has 170 valence electrons. The third-order valence-corrected chi connectivity index (χ3v) is 6.30. The monoisotopic (exact) mass is 440 g/mol. The van der Waals surface area contributed by atoms with Crippen LogP contribution in [0, 0.1) is 6.92 Å². The van der Waals surface area contributed by atoms with E-state index in [-0.39, 0.29) is 37.0 Å². The number of furan rings is 1. The lowest BCUT2D eigenvalue weighted by Gasteiger charge is -2.37. The Kier molecular flexibility index (Phi) is 5.95. The van der Waals surface area contributed by atoms with Crippen molar-refractivity contribution in [1.29, 1.82) is 0 Å². The van der Waals surface area contributed by atoms with Crippen LogP contribution in [-0.4, -0.2) is 47.8 Å². The molecule has 8 heteroatoms. The summed E-state index contributed by atoms with van der Waals surface area (Å²) >= 11 is 0. The van der Waals surface area contributed by atoms with Crippen LogP contribution in [-0.2, 0) is 16.1 Å². The van der Waals surface area contributed by atoms with Crippen LogP contribution in [0.3, 0.4) is 0 Å². The van der Waals surface area contributed by atoms with E-state index in [1.807, 2.05) is 19.1 Å². The lowest BCUT2D eigenvalue weighted by Crippen LogP contribution is -2.48. The fourth-order valence-electron chi connectivity index (χ4n) is 4.39. The van der Waals surface area contributed by atoms with E-state index in [1.165, 1.54) is 0 Å². The van der Waals surface area contributed by atoms with Crippen LogP contribution >= 0.6 is 0 Å². The van der Waals surface area contributed by atoms with Crippen LogP contribution in [0.15, 0.2) is 34.7 Å². The van der Waals surface area contributed by atoms with Gasteiger partial charge in [-0.25, -0.2) is 0 Å². The molecule has 32 heavy (non-hydrogen) atoms. The number of amides is 2. The number of benzene rings is 1.